The van der Waals surface area contributed by atoms with Crippen molar-refractivity contribution in [2.45, 2.75) is 20.3 Å². The summed E-state index contributed by atoms with van der Waals surface area (Å²) in [5, 5.41) is 3.76. The van der Waals surface area contributed by atoms with Crippen LogP contribution in [0.5, 0.6) is 11.5 Å². The zero-order valence-electron chi connectivity index (χ0n) is 13.9. The Morgan fingerprint density at radius 1 is 1.13 bits per heavy atom. The zero-order chi connectivity index (χ0) is 16.8. The number of aromatic nitrogens is 2. The Bertz CT molecular complexity index is 644. The quantitative estimate of drug-likeness (QED) is 0.781. The first-order valence-electron chi connectivity index (χ1n) is 7.47. The summed E-state index contributed by atoms with van der Waals surface area (Å²) in [4.78, 5) is 8.37. The fraction of sp³-hybridized carbons (Fsp3) is 0.412. The highest BCUT2D eigenvalue weighted by molar-refractivity contribution is 6.29. The summed E-state index contributed by atoms with van der Waals surface area (Å²) >= 11 is 5.94. The standard InChI is InChI=1S/C17H22ClN3O2/c1-11(10-19-17-9-16(18)20-12(2)21-17)7-13-5-6-14(22-3)15(8-13)23-4/h5-6,8-9,11H,7,10H2,1-4H3,(H,19,20,21). The van der Waals surface area contributed by atoms with E-state index in [0.29, 0.717) is 16.9 Å². The van der Waals surface area contributed by atoms with Crippen LogP contribution in [0.3, 0.4) is 0 Å². The summed E-state index contributed by atoms with van der Waals surface area (Å²) in [6.45, 7) is 4.80. The predicted molar refractivity (Wildman–Crippen MR) is 92.7 cm³/mol. The fourth-order valence-electron chi connectivity index (χ4n) is 2.38. The van der Waals surface area contributed by atoms with E-state index in [2.05, 4.69) is 28.3 Å². The van der Waals surface area contributed by atoms with Crippen molar-refractivity contribution in [3.8, 4) is 11.5 Å². The summed E-state index contributed by atoms with van der Waals surface area (Å²) in [7, 11) is 3.28. The molecule has 124 valence electrons. The average molecular weight is 336 g/mol. The number of aryl methyl sites for hydroxylation is 1. The van der Waals surface area contributed by atoms with Crippen molar-refractivity contribution in [2.75, 3.05) is 26.1 Å². The van der Waals surface area contributed by atoms with Crippen molar-refractivity contribution in [3.63, 3.8) is 0 Å². The molecule has 1 unspecified atom stereocenters. The molecule has 0 amide bonds. The second kappa shape index (κ2) is 8.02. The van der Waals surface area contributed by atoms with Gasteiger partial charge in [0.25, 0.3) is 0 Å². The maximum Gasteiger partial charge on any atom is 0.160 e. The number of hydrogen-bond acceptors (Lipinski definition) is 5. The summed E-state index contributed by atoms with van der Waals surface area (Å²) in [5.41, 5.74) is 1.20. The SMILES string of the molecule is COc1ccc(CC(C)CNc2cc(Cl)nc(C)n2)cc1OC. The van der Waals surface area contributed by atoms with E-state index < -0.39 is 0 Å². The molecule has 1 aromatic heterocycles. The van der Waals surface area contributed by atoms with Gasteiger partial charge in [0.05, 0.1) is 14.2 Å². The van der Waals surface area contributed by atoms with Crippen LogP contribution in [0.1, 0.15) is 18.3 Å². The summed E-state index contributed by atoms with van der Waals surface area (Å²) in [6, 6.07) is 7.74. The van der Waals surface area contributed by atoms with Crippen LogP contribution < -0.4 is 14.8 Å². The number of anilines is 1. The lowest BCUT2D eigenvalue weighted by molar-refractivity contribution is 0.354. The molecule has 0 aliphatic rings. The lowest BCUT2D eigenvalue weighted by Crippen LogP contribution is -2.15. The summed E-state index contributed by atoms with van der Waals surface area (Å²) in [6.07, 6.45) is 0.922. The molecule has 0 saturated carbocycles. The van der Waals surface area contributed by atoms with Crippen LogP contribution in [0.15, 0.2) is 24.3 Å². The molecule has 2 rings (SSSR count). The minimum Gasteiger partial charge on any atom is -0.493 e. The molecule has 23 heavy (non-hydrogen) atoms. The van der Waals surface area contributed by atoms with Crippen LogP contribution in [0.25, 0.3) is 0 Å². The Kier molecular flexibility index (Phi) is 6.04. The van der Waals surface area contributed by atoms with Gasteiger partial charge in [-0.15, -0.1) is 0 Å². The van der Waals surface area contributed by atoms with E-state index in [0.717, 1.165) is 30.3 Å². The van der Waals surface area contributed by atoms with Crippen molar-refractivity contribution < 1.29 is 9.47 Å². The highest BCUT2D eigenvalue weighted by Gasteiger charge is 2.09. The normalized spacial score (nSPS) is 11.9. The van der Waals surface area contributed by atoms with Crippen molar-refractivity contribution in [3.05, 3.63) is 40.8 Å². The van der Waals surface area contributed by atoms with E-state index >= 15 is 0 Å². The number of nitrogens with one attached hydrogen (secondary N) is 1. The molecule has 0 fully saturated rings. The molecule has 0 saturated heterocycles. The first-order valence-corrected chi connectivity index (χ1v) is 7.85. The molecule has 0 radical (unpaired) electrons. The van der Waals surface area contributed by atoms with Gasteiger partial charge in [0, 0.05) is 12.6 Å². The molecule has 1 heterocycles. The van der Waals surface area contributed by atoms with Crippen molar-refractivity contribution in [2.24, 2.45) is 5.92 Å². The van der Waals surface area contributed by atoms with Gasteiger partial charge in [0.15, 0.2) is 11.5 Å². The van der Waals surface area contributed by atoms with Gasteiger partial charge >= 0.3 is 0 Å². The molecule has 6 heteroatoms. The van der Waals surface area contributed by atoms with Crippen LogP contribution in [-0.2, 0) is 6.42 Å². The number of benzene rings is 1. The van der Waals surface area contributed by atoms with Gasteiger partial charge < -0.3 is 14.8 Å². The first kappa shape index (κ1) is 17.3. The van der Waals surface area contributed by atoms with E-state index in [4.69, 9.17) is 21.1 Å². The monoisotopic (exact) mass is 335 g/mol. The maximum absolute atomic E-state index is 5.94. The number of nitrogens with zero attached hydrogens (tertiary/aromatic N) is 2. The summed E-state index contributed by atoms with van der Waals surface area (Å²) < 4.78 is 10.6. The van der Waals surface area contributed by atoms with Gasteiger partial charge in [-0.3, -0.25) is 0 Å². The van der Waals surface area contributed by atoms with Crippen molar-refractivity contribution >= 4 is 17.4 Å². The van der Waals surface area contributed by atoms with E-state index in [9.17, 15) is 0 Å². The van der Waals surface area contributed by atoms with Gasteiger partial charge in [-0.25, -0.2) is 9.97 Å². The largest absolute Gasteiger partial charge is 0.493 e. The molecule has 0 aliphatic carbocycles. The first-order chi connectivity index (χ1) is 11.0. The Hall–Kier alpha value is -2.01. The molecule has 1 aromatic carbocycles. The van der Waals surface area contributed by atoms with Gasteiger partial charge in [-0.05, 0) is 37.0 Å². The third-order valence-electron chi connectivity index (χ3n) is 3.47. The van der Waals surface area contributed by atoms with Crippen LogP contribution in [0.4, 0.5) is 5.82 Å². The molecule has 1 atom stereocenters. The molecule has 2 aromatic rings. The second-order valence-corrected chi connectivity index (χ2v) is 5.89. The van der Waals surface area contributed by atoms with Gasteiger partial charge in [0.2, 0.25) is 0 Å². The molecule has 0 aliphatic heterocycles. The minimum absolute atomic E-state index is 0.419. The molecular formula is C17H22ClN3O2. The highest BCUT2D eigenvalue weighted by Crippen LogP contribution is 2.28. The summed E-state index contributed by atoms with van der Waals surface area (Å²) in [5.74, 6) is 3.33. The minimum atomic E-state index is 0.419. The third kappa shape index (κ3) is 4.99. The van der Waals surface area contributed by atoms with Gasteiger partial charge in [-0.1, -0.05) is 24.6 Å². The van der Waals surface area contributed by atoms with Gasteiger partial charge in [0.1, 0.15) is 16.8 Å². The second-order valence-electron chi connectivity index (χ2n) is 5.50. The Morgan fingerprint density at radius 3 is 2.52 bits per heavy atom. The Morgan fingerprint density at radius 2 is 1.87 bits per heavy atom. The van der Waals surface area contributed by atoms with Gasteiger partial charge in [-0.2, -0.15) is 0 Å². The van der Waals surface area contributed by atoms with E-state index in [1.807, 2.05) is 19.1 Å². The van der Waals surface area contributed by atoms with E-state index in [-0.39, 0.29) is 0 Å². The lowest BCUT2D eigenvalue weighted by Gasteiger charge is -2.15. The zero-order valence-corrected chi connectivity index (χ0v) is 14.6. The van der Waals surface area contributed by atoms with E-state index in [1.54, 1.807) is 20.3 Å². The molecule has 5 nitrogen and oxygen atoms in total. The molecule has 0 bridgehead atoms. The Balaban J connectivity index is 1.95. The molecular weight excluding hydrogens is 314 g/mol. The number of rotatable bonds is 7. The van der Waals surface area contributed by atoms with Crippen LogP contribution >= 0.6 is 11.6 Å². The van der Waals surface area contributed by atoms with E-state index in [1.165, 1.54) is 5.56 Å². The van der Waals surface area contributed by atoms with Crippen LogP contribution in [-0.4, -0.2) is 30.7 Å². The molecule has 0 spiro atoms. The topological polar surface area (TPSA) is 56.3 Å². The van der Waals surface area contributed by atoms with Crippen LogP contribution in [0, 0.1) is 12.8 Å². The smallest absolute Gasteiger partial charge is 0.160 e. The van der Waals surface area contributed by atoms with Crippen molar-refractivity contribution in [1.82, 2.24) is 9.97 Å². The lowest BCUT2D eigenvalue weighted by atomic mass is 10.0. The fourth-order valence-corrected chi connectivity index (χ4v) is 2.61. The predicted octanol–water partition coefficient (Wildman–Crippen LogP) is 3.75. The number of hydrogen-bond donors (Lipinski definition) is 1. The highest BCUT2D eigenvalue weighted by atomic mass is 35.5. The Labute approximate surface area is 142 Å². The van der Waals surface area contributed by atoms with Crippen LogP contribution in [0.2, 0.25) is 5.15 Å². The maximum atomic E-state index is 5.94. The number of ether oxygens (including phenoxy) is 2. The number of methoxy groups -OCH3 is 2. The average Bonchev–Trinajstić information content (AvgIpc) is 2.52. The van der Waals surface area contributed by atoms with Crippen molar-refractivity contribution in [1.29, 1.82) is 0 Å². The number of halogens is 1. The third-order valence-corrected chi connectivity index (χ3v) is 3.66. The molecule has 1 N–H and O–H groups in total.